The number of nitrogens with zero attached hydrogens (tertiary/aromatic N) is 1. The first kappa shape index (κ1) is 10.8. The highest BCUT2D eigenvalue weighted by molar-refractivity contribution is 5.94. The van der Waals surface area contributed by atoms with E-state index in [0.29, 0.717) is 5.56 Å². The summed E-state index contributed by atoms with van der Waals surface area (Å²) >= 11 is 0. The number of pyridine rings is 1. The van der Waals surface area contributed by atoms with Crippen LogP contribution in [0.5, 0.6) is 0 Å². The Labute approximate surface area is 105 Å². The molecule has 18 heavy (non-hydrogen) atoms. The molecule has 0 unspecified atom stereocenters. The number of anilines is 1. The quantitative estimate of drug-likeness (QED) is 0.820. The lowest BCUT2D eigenvalue weighted by Crippen LogP contribution is -2.12. The van der Waals surface area contributed by atoms with Crippen LogP contribution in [0.15, 0.2) is 42.6 Å². The van der Waals surface area contributed by atoms with Crippen LogP contribution in [-0.2, 0) is 4.74 Å². The molecule has 1 aliphatic rings. The zero-order valence-electron chi connectivity index (χ0n) is 9.88. The lowest BCUT2D eigenvalue weighted by molar-refractivity contribution is 0.0436. The molecule has 0 fully saturated rings. The first-order chi connectivity index (χ1) is 8.75. The Morgan fingerprint density at radius 2 is 2.06 bits per heavy atom. The van der Waals surface area contributed by atoms with Gasteiger partial charge in [0.05, 0.1) is 5.56 Å². The Morgan fingerprint density at radius 3 is 2.89 bits per heavy atom. The van der Waals surface area contributed by atoms with E-state index in [1.165, 1.54) is 0 Å². The molecule has 2 heterocycles. The van der Waals surface area contributed by atoms with Crippen molar-refractivity contribution in [3.05, 3.63) is 59.3 Å². The van der Waals surface area contributed by atoms with E-state index in [-0.39, 0.29) is 5.97 Å². The largest absolute Gasteiger partial charge is 0.434 e. The number of cyclic esters (lactones) is 1. The minimum Gasteiger partial charge on any atom is -0.434 e. The molecular formula is C14H12N2O2. The average molecular weight is 240 g/mol. The second-order valence-corrected chi connectivity index (χ2v) is 4.19. The normalized spacial score (nSPS) is 17.2. The molecule has 0 saturated carbocycles. The number of benzene rings is 1. The van der Waals surface area contributed by atoms with Gasteiger partial charge in [0, 0.05) is 11.8 Å². The molecule has 4 nitrogen and oxygen atoms in total. The third-order valence-corrected chi connectivity index (χ3v) is 2.97. The first-order valence-corrected chi connectivity index (χ1v) is 5.74. The van der Waals surface area contributed by atoms with Gasteiger partial charge in [-0.1, -0.05) is 24.3 Å². The van der Waals surface area contributed by atoms with Crippen LogP contribution in [0.4, 0.5) is 5.82 Å². The minimum atomic E-state index is -0.456. The smallest absolute Gasteiger partial charge is 0.340 e. The molecule has 0 aliphatic carbocycles. The topological polar surface area (TPSA) is 51.2 Å². The van der Waals surface area contributed by atoms with Crippen LogP contribution < -0.4 is 5.32 Å². The van der Waals surface area contributed by atoms with E-state index in [0.717, 1.165) is 16.9 Å². The van der Waals surface area contributed by atoms with Crippen molar-refractivity contribution in [2.24, 2.45) is 0 Å². The van der Waals surface area contributed by atoms with Gasteiger partial charge in [0.2, 0.25) is 6.23 Å². The maximum atomic E-state index is 11.7. The van der Waals surface area contributed by atoms with E-state index in [4.69, 9.17) is 4.74 Å². The molecule has 1 aromatic carbocycles. The van der Waals surface area contributed by atoms with E-state index >= 15 is 0 Å². The summed E-state index contributed by atoms with van der Waals surface area (Å²) < 4.78 is 5.30. The van der Waals surface area contributed by atoms with Gasteiger partial charge in [-0.3, -0.25) is 0 Å². The highest BCUT2D eigenvalue weighted by atomic mass is 16.6. The minimum absolute atomic E-state index is 0.295. The Morgan fingerprint density at radius 1 is 1.22 bits per heavy atom. The molecule has 1 aromatic heterocycles. The standard InChI is InChI=1S/C14H12N2O2/c1-9-5-4-8-15-12(9)16-13-10-6-2-3-7-11(10)14(17)18-13/h2-8,13H,1H3,(H,15,16)/t13-/m0/s1. The van der Waals surface area contributed by atoms with Crippen LogP contribution in [-0.4, -0.2) is 11.0 Å². The van der Waals surface area contributed by atoms with E-state index in [1.807, 2.05) is 37.3 Å². The fraction of sp³-hybridized carbons (Fsp3) is 0.143. The number of rotatable bonds is 2. The average Bonchev–Trinajstić information content (AvgIpc) is 2.70. The van der Waals surface area contributed by atoms with Crippen LogP contribution in [0.1, 0.15) is 27.7 Å². The van der Waals surface area contributed by atoms with Crippen LogP contribution >= 0.6 is 0 Å². The van der Waals surface area contributed by atoms with E-state index in [1.54, 1.807) is 12.3 Å². The Kier molecular flexibility index (Phi) is 2.48. The van der Waals surface area contributed by atoms with Gasteiger partial charge in [0.1, 0.15) is 5.82 Å². The molecule has 1 atom stereocenters. The molecule has 0 spiro atoms. The van der Waals surface area contributed by atoms with Crippen LogP contribution in [0.3, 0.4) is 0 Å². The lowest BCUT2D eigenvalue weighted by atomic mass is 10.1. The van der Waals surface area contributed by atoms with Crippen LogP contribution in [0, 0.1) is 6.92 Å². The lowest BCUT2D eigenvalue weighted by Gasteiger charge is -2.14. The number of carbonyl (C=O) groups is 1. The third-order valence-electron chi connectivity index (χ3n) is 2.97. The van der Waals surface area contributed by atoms with Gasteiger partial charge < -0.3 is 10.1 Å². The van der Waals surface area contributed by atoms with Gasteiger partial charge in [-0.2, -0.15) is 0 Å². The van der Waals surface area contributed by atoms with Crippen LogP contribution in [0.25, 0.3) is 0 Å². The fourth-order valence-electron chi connectivity index (χ4n) is 2.01. The van der Waals surface area contributed by atoms with Crippen molar-refractivity contribution in [2.45, 2.75) is 13.2 Å². The number of hydrogen-bond acceptors (Lipinski definition) is 4. The number of ether oxygens (including phenoxy) is 1. The molecule has 0 amide bonds. The maximum Gasteiger partial charge on any atom is 0.340 e. The van der Waals surface area contributed by atoms with Crippen molar-refractivity contribution in [2.75, 3.05) is 5.32 Å². The molecule has 0 radical (unpaired) electrons. The van der Waals surface area contributed by atoms with Crippen molar-refractivity contribution < 1.29 is 9.53 Å². The number of carbonyl (C=O) groups excluding carboxylic acids is 1. The Hall–Kier alpha value is -2.36. The van der Waals surface area contributed by atoms with Gasteiger partial charge in [-0.25, -0.2) is 9.78 Å². The van der Waals surface area contributed by atoms with Gasteiger partial charge >= 0.3 is 5.97 Å². The zero-order chi connectivity index (χ0) is 12.5. The molecule has 1 aliphatic heterocycles. The van der Waals surface area contributed by atoms with Crippen LogP contribution in [0.2, 0.25) is 0 Å². The summed E-state index contributed by atoms with van der Waals surface area (Å²) in [5, 5.41) is 3.14. The second kappa shape index (κ2) is 4.14. The Bertz CT molecular complexity index is 610. The summed E-state index contributed by atoms with van der Waals surface area (Å²) in [6.45, 7) is 1.96. The summed E-state index contributed by atoms with van der Waals surface area (Å²) in [7, 11) is 0. The Balaban J connectivity index is 1.92. The van der Waals surface area contributed by atoms with E-state index < -0.39 is 6.23 Å². The second-order valence-electron chi connectivity index (χ2n) is 4.19. The van der Waals surface area contributed by atoms with Crippen molar-refractivity contribution in [1.82, 2.24) is 4.98 Å². The molecule has 0 bridgehead atoms. The summed E-state index contributed by atoms with van der Waals surface area (Å²) in [5.74, 6) is 0.434. The SMILES string of the molecule is Cc1cccnc1N[C@H]1OC(=O)c2ccccc21. The molecule has 2 aromatic rings. The molecule has 3 rings (SSSR count). The third kappa shape index (κ3) is 1.72. The number of hydrogen-bond donors (Lipinski definition) is 1. The first-order valence-electron chi connectivity index (χ1n) is 5.74. The van der Waals surface area contributed by atoms with Gasteiger partial charge in [0.25, 0.3) is 0 Å². The molecule has 90 valence electrons. The molecular weight excluding hydrogens is 228 g/mol. The zero-order valence-corrected chi connectivity index (χ0v) is 9.88. The van der Waals surface area contributed by atoms with E-state index in [9.17, 15) is 4.79 Å². The number of esters is 1. The summed E-state index contributed by atoms with van der Waals surface area (Å²) in [4.78, 5) is 15.9. The van der Waals surface area contributed by atoms with Crippen molar-refractivity contribution >= 4 is 11.8 Å². The van der Waals surface area contributed by atoms with Gasteiger partial charge in [-0.15, -0.1) is 0 Å². The maximum absolute atomic E-state index is 11.7. The highest BCUT2D eigenvalue weighted by Crippen LogP contribution is 2.31. The number of aryl methyl sites for hydroxylation is 1. The van der Waals surface area contributed by atoms with Crippen molar-refractivity contribution in [3.63, 3.8) is 0 Å². The monoisotopic (exact) mass is 240 g/mol. The predicted molar refractivity (Wildman–Crippen MR) is 67.2 cm³/mol. The molecule has 0 saturated heterocycles. The highest BCUT2D eigenvalue weighted by Gasteiger charge is 2.30. The van der Waals surface area contributed by atoms with Gasteiger partial charge in [0.15, 0.2) is 0 Å². The number of fused-ring (bicyclic) bond motifs is 1. The predicted octanol–water partition coefficient (Wildman–Crippen LogP) is 2.67. The van der Waals surface area contributed by atoms with Crippen molar-refractivity contribution in [3.8, 4) is 0 Å². The summed E-state index contributed by atoms with van der Waals surface area (Å²) in [5.41, 5.74) is 2.48. The fourth-order valence-corrected chi connectivity index (χ4v) is 2.01. The summed E-state index contributed by atoms with van der Waals surface area (Å²) in [6, 6.07) is 11.2. The molecule has 1 N–H and O–H groups in total. The van der Waals surface area contributed by atoms with E-state index in [2.05, 4.69) is 10.3 Å². The summed E-state index contributed by atoms with van der Waals surface area (Å²) in [6.07, 6.45) is 1.25. The van der Waals surface area contributed by atoms with Crippen molar-refractivity contribution in [1.29, 1.82) is 0 Å². The number of aromatic nitrogens is 1. The number of nitrogens with one attached hydrogen (secondary N) is 1. The molecule has 4 heteroatoms. The van der Waals surface area contributed by atoms with Gasteiger partial charge in [-0.05, 0) is 24.6 Å².